The summed E-state index contributed by atoms with van der Waals surface area (Å²) < 4.78 is 5.71. The minimum Gasteiger partial charge on any atom is -0.492 e. The number of carboxylic acid groups (broad SMARTS) is 1. The maximum atomic E-state index is 11.3. The minimum atomic E-state index is -1.15. The molecule has 1 fully saturated rings. The zero-order valence-corrected chi connectivity index (χ0v) is 14.6. The predicted molar refractivity (Wildman–Crippen MR) is 101 cm³/mol. The quantitative estimate of drug-likeness (QED) is 0.799. The highest BCUT2D eigenvalue weighted by Crippen LogP contribution is 2.31. The van der Waals surface area contributed by atoms with Crippen LogP contribution in [0.3, 0.4) is 0 Å². The van der Waals surface area contributed by atoms with Gasteiger partial charge in [-0.15, -0.1) is 4.91 Å². The summed E-state index contributed by atoms with van der Waals surface area (Å²) in [7, 11) is 0. The zero-order valence-electron chi connectivity index (χ0n) is 14.6. The standard InChI is InChI=1S/C19H21N3O4/c1-2-26-18-6-4-3-5-17(18)22-11-9-21(10-12-22)14-7-8-16(20-25)15(13-14)19(23)24/h3-8,13H,2,9-12H2,1H3,(H,23,24). The third-order valence-electron chi connectivity index (χ3n) is 4.46. The second-order valence-corrected chi connectivity index (χ2v) is 5.97. The molecule has 2 aromatic carbocycles. The van der Waals surface area contributed by atoms with Crippen molar-refractivity contribution in [3.8, 4) is 5.75 Å². The van der Waals surface area contributed by atoms with E-state index in [0.717, 1.165) is 43.3 Å². The van der Waals surface area contributed by atoms with E-state index in [9.17, 15) is 14.8 Å². The molecule has 0 aliphatic carbocycles. The fourth-order valence-electron chi connectivity index (χ4n) is 3.17. The van der Waals surface area contributed by atoms with Gasteiger partial charge in [-0.1, -0.05) is 12.1 Å². The van der Waals surface area contributed by atoms with Crippen LogP contribution in [-0.4, -0.2) is 43.9 Å². The molecular formula is C19H21N3O4. The lowest BCUT2D eigenvalue weighted by molar-refractivity contribution is 0.0698. The van der Waals surface area contributed by atoms with Crippen LogP contribution in [-0.2, 0) is 0 Å². The second-order valence-electron chi connectivity index (χ2n) is 5.97. The van der Waals surface area contributed by atoms with Gasteiger partial charge in [0.2, 0.25) is 0 Å². The van der Waals surface area contributed by atoms with Gasteiger partial charge in [-0.05, 0) is 42.4 Å². The summed E-state index contributed by atoms with van der Waals surface area (Å²) in [5, 5.41) is 12.0. The molecule has 0 spiro atoms. The summed E-state index contributed by atoms with van der Waals surface area (Å²) in [6.07, 6.45) is 0. The maximum Gasteiger partial charge on any atom is 0.338 e. The highest BCUT2D eigenvalue weighted by atomic mass is 16.5. The van der Waals surface area contributed by atoms with E-state index in [1.54, 1.807) is 6.07 Å². The smallest absolute Gasteiger partial charge is 0.338 e. The molecule has 7 heteroatoms. The third-order valence-corrected chi connectivity index (χ3v) is 4.46. The molecule has 2 aromatic rings. The monoisotopic (exact) mass is 355 g/mol. The molecule has 0 radical (unpaired) electrons. The highest BCUT2D eigenvalue weighted by molar-refractivity contribution is 5.94. The zero-order chi connectivity index (χ0) is 18.5. The van der Waals surface area contributed by atoms with Crippen LogP contribution >= 0.6 is 0 Å². The highest BCUT2D eigenvalue weighted by Gasteiger charge is 2.21. The van der Waals surface area contributed by atoms with E-state index >= 15 is 0 Å². The van der Waals surface area contributed by atoms with E-state index in [2.05, 4.69) is 15.0 Å². The van der Waals surface area contributed by atoms with E-state index < -0.39 is 5.97 Å². The van der Waals surface area contributed by atoms with Crippen LogP contribution in [0.1, 0.15) is 17.3 Å². The second kappa shape index (κ2) is 7.86. The molecule has 1 N–H and O–H groups in total. The molecule has 1 saturated heterocycles. The Morgan fingerprint density at radius 3 is 2.46 bits per heavy atom. The van der Waals surface area contributed by atoms with Gasteiger partial charge in [0.15, 0.2) is 0 Å². The number of hydrogen-bond acceptors (Lipinski definition) is 6. The van der Waals surface area contributed by atoms with Crippen molar-refractivity contribution in [3.63, 3.8) is 0 Å². The first kappa shape index (κ1) is 17.7. The lowest BCUT2D eigenvalue weighted by Gasteiger charge is -2.38. The first-order chi connectivity index (χ1) is 12.6. The first-order valence-corrected chi connectivity index (χ1v) is 8.56. The molecule has 0 atom stereocenters. The number of benzene rings is 2. The largest absolute Gasteiger partial charge is 0.492 e. The Bertz CT molecular complexity index is 801. The van der Waals surface area contributed by atoms with E-state index in [4.69, 9.17) is 4.74 Å². The number of nitroso groups, excluding NO2 is 1. The van der Waals surface area contributed by atoms with E-state index in [0.29, 0.717) is 6.61 Å². The number of piperazine rings is 1. The van der Waals surface area contributed by atoms with Crippen LogP contribution < -0.4 is 14.5 Å². The van der Waals surface area contributed by atoms with E-state index in [-0.39, 0.29) is 11.3 Å². The van der Waals surface area contributed by atoms with Crippen molar-refractivity contribution < 1.29 is 14.6 Å². The number of para-hydroxylation sites is 2. The average Bonchev–Trinajstić information content (AvgIpc) is 2.68. The Hall–Kier alpha value is -3.09. The molecule has 0 bridgehead atoms. The number of rotatable bonds is 6. The van der Waals surface area contributed by atoms with Crippen molar-refractivity contribution in [2.45, 2.75) is 6.92 Å². The summed E-state index contributed by atoms with van der Waals surface area (Å²) in [4.78, 5) is 26.4. The number of carbonyl (C=O) groups is 1. The van der Waals surface area contributed by atoms with Crippen molar-refractivity contribution in [2.75, 3.05) is 42.6 Å². The van der Waals surface area contributed by atoms with Crippen LogP contribution in [0.4, 0.5) is 17.1 Å². The van der Waals surface area contributed by atoms with Crippen molar-refractivity contribution in [2.24, 2.45) is 5.18 Å². The molecule has 1 aliphatic rings. The fourth-order valence-corrected chi connectivity index (χ4v) is 3.17. The number of carboxylic acids is 1. The molecule has 136 valence electrons. The number of anilines is 2. The molecule has 1 heterocycles. The predicted octanol–water partition coefficient (Wildman–Crippen LogP) is 3.51. The molecule has 0 saturated carbocycles. The topological polar surface area (TPSA) is 82.4 Å². The Morgan fingerprint density at radius 2 is 1.81 bits per heavy atom. The third kappa shape index (κ3) is 3.61. The minimum absolute atomic E-state index is 0.0504. The fraction of sp³-hybridized carbons (Fsp3) is 0.316. The maximum absolute atomic E-state index is 11.3. The average molecular weight is 355 g/mol. The Kier molecular flexibility index (Phi) is 5.36. The molecule has 3 rings (SSSR count). The van der Waals surface area contributed by atoms with Gasteiger partial charge in [0.25, 0.3) is 0 Å². The molecule has 0 amide bonds. The van der Waals surface area contributed by atoms with Crippen LogP contribution in [0.5, 0.6) is 5.75 Å². The molecule has 0 unspecified atom stereocenters. The van der Waals surface area contributed by atoms with Crippen LogP contribution in [0.25, 0.3) is 0 Å². The summed E-state index contributed by atoms with van der Waals surface area (Å²) >= 11 is 0. The lowest BCUT2D eigenvalue weighted by atomic mass is 10.1. The van der Waals surface area contributed by atoms with Crippen LogP contribution in [0, 0.1) is 4.91 Å². The van der Waals surface area contributed by atoms with Gasteiger partial charge in [0.1, 0.15) is 11.4 Å². The van der Waals surface area contributed by atoms with Crippen molar-refractivity contribution in [1.82, 2.24) is 0 Å². The molecule has 0 aromatic heterocycles. The summed E-state index contributed by atoms with van der Waals surface area (Å²) in [5.74, 6) is -0.274. The van der Waals surface area contributed by atoms with Gasteiger partial charge in [0, 0.05) is 31.9 Å². The first-order valence-electron chi connectivity index (χ1n) is 8.56. The summed E-state index contributed by atoms with van der Waals surface area (Å²) in [6, 6.07) is 12.7. The Labute approximate surface area is 151 Å². The summed E-state index contributed by atoms with van der Waals surface area (Å²) in [5.41, 5.74) is 1.74. The van der Waals surface area contributed by atoms with Gasteiger partial charge >= 0.3 is 5.97 Å². The van der Waals surface area contributed by atoms with Crippen molar-refractivity contribution >= 4 is 23.0 Å². The molecule has 26 heavy (non-hydrogen) atoms. The Balaban J connectivity index is 1.74. The van der Waals surface area contributed by atoms with E-state index in [1.165, 1.54) is 12.1 Å². The van der Waals surface area contributed by atoms with Crippen LogP contribution in [0.15, 0.2) is 47.6 Å². The van der Waals surface area contributed by atoms with Gasteiger partial charge in [-0.2, -0.15) is 0 Å². The van der Waals surface area contributed by atoms with Crippen molar-refractivity contribution in [3.05, 3.63) is 52.9 Å². The molecule has 7 nitrogen and oxygen atoms in total. The van der Waals surface area contributed by atoms with Gasteiger partial charge in [-0.25, -0.2) is 4.79 Å². The SMILES string of the molecule is CCOc1ccccc1N1CCN(c2ccc(N=O)c(C(=O)O)c2)CC1. The number of nitrogens with zero attached hydrogens (tertiary/aromatic N) is 3. The normalized spacial score (nSPS) is 14.2. The van der Waals surface area contributed by atoms with Crippen molar-refractivity contribution in [1.29, 1.82) is 0 Å². The van der Waals surface area contributed by atoms with Gasteiger partial charge in [0.05, 0.1) is 17.9 Å². The number of ether oxygens (including phenoxy) is 1. The number of hydrogen-bond donors (Lipinski definition) is 1. The van der Waals surface area contributed by atoms with Gasteiger partial charge in [-0.3, -0.25) is 0 Å². The Morgan fingerprint density at radius 1 is 1.12 bits per heavy atom. The lowest BCUT2D eigenvalue weighted by Crippen LogP contribution is -2.46. The number of aromatic carboxylic acids is 1. The van der Waals surface area contributed by atoms with E-state index in [1.807, 2.05) is 31.2 Å². The van der Waals surface area contributed by atoms with Crippen LogP contribution in [0.2, 0.25) is 0 Å². The summed E-state index contributed by atoms with van der Waals surface area (Å²) in [6.45, 7) is 5.65. The molecular weight excluding hydrogens is 334 g/mol. The molecule has 1 aliphatic heterocycles. The van der Waals surface area contributed by atoms with Gasteiger partial charge < -0.3 is 19.6 Å².